The molecule has 6 heteroatoms. The number of rotatable bonds is 50. The van der Waals surface area contributed by atoms with Crippen LogP contribution in [-0.2, 0) is 14.3 Å². The van der Waals surface area contributed by atoms with Gasteiger partial charge in [0.25, 0.3) is 0 Å². The lowest BCUT2D eigenvalue weighted by molar-refractivity contribution is -0.151. The lowest BCUT2D eigenvalue weighted by atomic mass is 10.0. The predicted octanol–water partition coefficient (Wildman–Crippen LogP) is 17.2. The molecular formula is C59H107NO5. The number of aliphatic hydroxyl groups is 2. The number of esters is 1. The van der Waals surface area contributed by atoms with Gasteiger partial charge < -0.3 is 20.3 Å². The first-order valence-electron chi connectivity index (χ1n) is 28.1. The average molecular weight is 911 g/mol. The van der Waals surface area contributed by atoms with E-state index in [2.05, 4.69) is 50.4 Å². The third kappa shape index (κ3) is 47.8. The zero-order valence-corrected chi connectivity index (χ0v) is 43.1. The minimum Gasteiger partial charge on any atom is -0.462 e. The van der Waals surface area contributed by atoms with Crippen molar-refractivity contribution >= 4 is 11.9 Å². The first-order chi connectivity index (χ1) is 32.0. The molecule has 3 N–H and O–H groups in total. The van der Waals surface area contributed by atoms with Crippen LogP contribution in [0.25, 0.3) is 0 Å². The summed E-state index contributed by atoms with van der Waals surface area (Å²) in [6.45, 7) is 6.36. The molecule has 6 nitrogen and oxygen atoms in total. The minimum absolute atomic E-state index is 0.0618. The second-order valence-corrected chi connectivity index (χ2v) is 19.1. The molecule has 0 saturated carbocycles. The summed E-state index contributed by atoms with van der Waals surface area (Å²) in [6, 6.07) is -0.711. The Bertz CT molecular complexity index is 1160. The van der Waals surface area contributed by atoms with Crippen molar-refractivity contribution < 1.29 is 24.5 Å². The van der Waals surface area contributed by atoms with Gasteiger partial charge >= 0.3 is 5.97 Å². The highest BCUT2D eigenvalue weighted by atomic mass is 16.5. The number of amides is 1. The molecule has 0 aliphatic heterocycles. The van der Waals surface area contributed by atoms with E-state index in [1.165, 1.54) is 161 Å². The van der Waals surface area contributed by atoms with Gasteiger partial charge in [-0.15, -0.1) is 0 Å². The highest BCUT2D eigenvalue weighted by Gasteiger charge is 2.24. The fourth-order valence-corrected chi connectivity index (χ4v) is 8.51. The Morgan fingerprint density at radius 1 is 0.462 bits per heavy atom. The molecule has 0 heterocycles. The second-order valence-electron chi connectivity index (χ2n) is 19.1. The summed E-state index contributed by atoms with van der Waals surface area (Å²) < 4.78 is 5.94. The molecule has 0 radical (unpaired) electrons. The average Bonchev–Trinajstić information content (AvgIpc) is 3.30. The monoisotopic (exact) mass is 910 g/mol. The molecule has 0 fully saturated rings. The summed E-state index contributed by atoms with van der Waals surface area (Å²) in [6.07, 6.45) is 65.7. The predicted molar refractivity (Wildman–Crippen MR) is 282 cm³/mol. The van der Waals surface area contributed by atoms with Crippen LogP contribution in [0.1, 0.15) is 278 Å². The Labute approximate surface area is 403 Å². The summed E-state index contributed by atoms with van der Waals surface area (Å²) >= 11 is 0. The molecule has 0 aromatic rings. The van der Waals surface area contributed by atoms with Crippen molar-refractivity contribution in [2.24, 2.45) is 0 Å². The molecule has 1 amide bonds. The van der Waals surface area contributed by atoms with Gasteiger partial charge in [-0.3, -0.25) is 9.59 Å². The first kappa shape index (κ1) is 62.6. The van der Waals surface area contributed by atoms with Gasteiger partial charge in [0.2, 0.25) is 5.91 Å². The van der Waals surface area contributed by atoms with E-state index >= 15 is 0 Å². The van der Waals surface area contributed by atoms with Crippen LogP contribution in [0, 0.1) is 0 Å². The van der Waals surface area contributed by atoms with Gasteiger partial charge in [0.05, 0.1) is 25.2 Å². The van der Waals surface area contributed by atoms with Crippen molar-refractivity contribution in [3.05, 3.63) is 60.8 Å². The summed E-state index contributed by atoms with van der Waals surface area (Å²) in [5, 5.41) is 23.9. The molecule has 0 aliphatic carbocycles. The lowest BCUT2D eigenvalue weighted by Gasteiger charge is -2.24. The van der Waals surface area contributed by atoms with E-state index in [4.69, 9.17) is 4.74 Å². The van der Waals surface area contributed by atoms with Crippen LogP contribution in [0.5, 0.6) is 0 Å². The SMILES string of the molecule is CC/C=C/C=C/C=C\C=C/C=C/CCCCCC(=O)OC(CCCCCCCCCCCCCCCCC)CC(=O)NC(CO)C(O)CCCCCCCCCCCCCCCCCC. The lowest BCUT2D eigenvalue weighted by Crippen LogP contribution is -2.46. The summed E-state index contributed by atoms with van der Waals surface area (Å²) in [5.41, 5.74) is 0. The van der Waals surface area contributed by atoms with E-state index in [9.17, 15) is 19.8 Å². The third-order valence-corrected chi connectivity index (χ3v) is 12.7. The number of hydrogen-bond donors (Lipinski definition) is 3. The topological polar surface area (TPSA) is 95.9 Å². The van der Waals surface area contributed by atoms with E-state index in [-0.39, 0.29) is 24.9 Å². The number of carbonyl (C=O) groups is 2. The Hall–Kier alpha value is -2.44. The number of nitrogens with one attached hydrogen (secondary N) is 1. The zero-order chi connectivity index (χ0) is 47.4. The number of carbonyl (C=O) groups excluding carboxylic acids is 2. The van der Waals surface area contributed by atoms with Crippen LogP contribution in [-0.4, -0.2) is 46.9 Å². The maximum Gasteiger partial charge on any atom is 0.306 e. The van der Waals surface area contributed by atoms with Crippen LogP contribution in [0.15, 0.2) is 60.8 Å². The summed E-state index contributed by atoms with van der Waals surface area (Å²) in [5.74, 6) is -0.513. The summed E-state index contributed by atoms with van der Waals surface area (Å²) in [4.78, 5) is 26.2. The normalized spacial score (nSPS) is 13.6. The fraction of sp³-hybridized carbons (Fsp3) is 0.797. The van der Waals surface area contributed by atoms with Gasteiger partial charge in [-0.1, -0.05) is 281 Å². The van der Waals surface area contributed by atoms with Crippen LogP contribution < -0.4 is 5.32 Å². The Kier molecular flexibility index (Phi) is 50.6. The Morgan fingerprint density at radius 3 is 1.25 bits per heavy atom. The number of allylic oxidation sites excluding steroid dienone is 10. The van der Waals surface area contributed by atoms with Gasteiger partial charge in [-0.25, -0.2) is 0 Å². The maximum absolute atomic E-state index is 13.3. The maximum atomic E-state index is 13.3. The van der Waals surface area contributed by atoms with Crippen molar-refractivity contribution in [1.82, 2.24) is 5.32 Å². The molecule has 0 aliphatic rings. The molecule has 65 heavy (non-hydrogen) atoms. The van der Waals surface area contributed by atoms with Crippen molar-refractivity contribution in [2.75, 3.05) is 6.61 Å². The van der Waals surface area contributed by atoms with Crippen LogP contribution in [0.3, 0.4) is 0 Å². The minimum atomic E-state index is -0.796. The molecule has 378 valence electrons. The van der Waals surface area contributed by atoms with Crippen molar-refractivity contribution in [2.45, 2.75) is 296 Å². The molecule has 0 rings (SSSR count). The molecule has 0 aromatic heterocycles. The Balaban J connectivity index is 4.60. The quantitative estimate of drug-likeness (QED) is 0.0321. The van der Waals surface area contributed by atoms with E-state index in [1.54, 1.807) is 0 Å². The number of hydrogen-bond acceptors (Lipinski definition) is 5. The molecule has 0 spiro atoms. The molecule has 3 unspecified atom stereocenters. The smallest absolute Gasteiger partial charge is 0.306 e. The standard InChI is InChI=1S/C59H107NO5/c1-4-7-10-13-16-19-22-25-28-31-33-36-39-42-45-48-51-57(62)56(54-61)60-58(63)53-55(50-47-44-41-38-35-32-29-26-23-20-17-14-11-8-5-2)65-59(64)52-49-46-43-40-37-34-30-27-24-21-18-15-12-9-6-3/h9,12,15,18,21,24,27,30,34,37,55-57,61-62H,4-8,10-11,13-14,16-17,19-20,22-23,25-26,28-29,31-33,35-36,38-54H2,1-3H3,(H,60,63)/b12-9+,18-15+,24-21-,30-27-,37-34+. The number of unbranched alkanes of at least 4 members (excludes halogenated alkanes) is 32. The van der Waals surface area contributed by atoms with Crippen LogP contribution in [0.4, 0.5) is 0 Å². The van der Waals surface area contributed by atoms with Crippen molar-refractivity contribution in [1.29, 1.82) is 0 Å². The first-order valence-corrected chi connectivity index (χ1v) is 28.1. The van der Waals surface area contributed by atoms with E-state index in [1.807, 2.05) is 36.5 Å². The van der Waals surface area contributed by atoms with E-state index in [0.29, 0.717) is 19.3 Å². The van der Waals surface area contributed by atoms with E-state index < -0.39 is 18.2 Å². The highest BCUT2D eigenvalue weighted by Crippen LogP contribution is 2.19. The van der Waals surface area contributed by atoms with Gasteiger partial charge in [-0.2, -0.15) is 0 Å². The van der Waals surface area contributed by atoms with Gasteiger partial charge in [0.15, 0.2) is 0 Å². The van der Waals surface area contributed by atoms with Gasteiger partial charge in [0, 0.05) is 6.42 Å². The van der Waals surface area contributed by atoms with Crippen LogP contribution in [0.2, 0.25) is 0 Å². The van der Waals surface area contributed by atoms with Crippen LogP contribution >= 0.6 is 0 Å². The second kappa shape index (κ2) is 52.5. The third-order valence-electron chi connectivity index (χ3n) is 12.7. The molecule has 0 saturated heterocycles. The van der Waals surface area contributed by atoms with Gasteiger partial charge in [0.1, 0.15) is 6.10 Å². The highest BCUT2D eigenvalue weighted by molar-refractivity contribution is 5.77. The van der Waals surface area contributed by atoms with E-state index in [0.717, 1.165) is 70.6 Å². The molecular weight excluding hydrogens is 803 g/mol. The molecule has 0 aromatic carbocycles. The number of ether oxygens (including phenoxy) is 1. The number of aliphatic hydroxyl groups excluding tert-OH is 2. The van der Waals surface area contributed by atoms with Gasteiger partial charge in [-0.05, 0) is 44.9 Å². The van der Waals surface area contributed by atoms with Crippen molar-refractivity contribution in [3.8, 4) is 0 Å². The van der Waals surface area contributed by atoms with Crippen molar-refractivity contribution in [3.63, 3.8) is 0 Å². The molecule has 0 bridgehead atoms. The zero-order valence-electron chi connectivity index (χ0n) is 43.1. The Morgan fingerprint density at radius 2 is 0.831 bits per heavy atom. The molecule has 3 atom stereocenters. The summed E-state index contributed by atoms with van der Waals surface area (Å²) in [7, 11) is 0. The fourth-order valence-electron chi connectivity index (χ4n) is 8.51. The largest absolute Gasteiger partial charge is 0.462 e.